The van der Waals surface area contributed by atoms with Crippen LogP contribution in [0.25, 0.3) is 0 Å². The van der Waals surface area contributed by atoms with Crippen molar-refractivity contribution in [3.63, 3.8) is 0 Å². The fourth-order valence-electron chi connectivity index (χ4n) is 2.67. The lowest BCUT2D eigenvalue weighted by molar-refractivity contribution is -0.142. The van der Waals surface area contributed by atoms with E-state index in [-0.39, 0.29) is 0 Å². The first kappa shape index (κ1) is 12.1. The average Bonchev–Trinajstić information content (AvgIpc) is 2.60. The minimum absolute atomic E-state index is 0.399. The third-order valence-corrected chi connectivity index (χ3v) is 4.98. The summed E-state index contributed by atoms with van der Waals surface area (Å²) in [7, 11) is 0. The number of rotatable bonds is 1. The van der Waals surface area contributed by atoms with Gasteiger partial charge >= 0.3 is 5.97 Å². The molecule has 1 heterocycles. The van der Waals surface area contributed by atoms with Crippen LogP contribution in [0.2, 0.25) is 0 Å². The van der Waals surface area contributed by atoms with Crippen LogP contribution in [-0.2, 0) is 14.6 Å². The van der Waals surface area contributed by atoms with Gasteiger partial charge in [0.1, 0.15) is 4.87 Å². The van der Waals surface area contributed by atoms with Crippen LogP contribution in [0.4, 0.5) is 0 Å². The molecule has 2 nitrogen and oxygen atoms in total. The van der Waals surface area contributed by atoms with Gasteiger partial charge in [0.15, 0.2) is 0 Å². The number of halogens is 2. The molecule has 3 rings (SSSR count). The highest BCUT2D eigenvalue weighted by Gasteiger charge is 2.63. The Morgan fingerprint density at radius 1 is 1.17 bits per heavy atom. The molecule has 0 amide bonds. The lowest BCUT2D eigenvalue weighted by Gasteiger charge is -2.36. The molecule has 18 heavy (non-hydrogen) atoms. The fourth-order valence-corrected chi connectivity index (χ4v) is 3.50. The van der Waals surface area contributed by atoms with Gasteiger partial charge in [0, 0.05) is 5.56 Å². The van der Waals surface area contributed by atoms with Gasteiger partial charge in [-0.2, -0.15) is 0 Å². The Kier molecular flexibility index (Phi) is 2.68. The zero-order chi connectivity index (χ0) is 12.8. The van der Waals surface area contributed by atoms with E-state index in [9.17, 15) is 4.79 Å². The number of carbonyl (C=O) groups excluding carboxylic acids is 1. The number of esters is 1. The minimum Gasteiger partial charge on any atom is -0.433 e. The number of fused-ring (bicyclic) bond motifs is 1. The van der Waals surface area contributed by atoms with E-state index in [1.807, 2.05) is 36.4 Å². The van der Waals surface area contributed by atoms with Crippen LogP contribution in [0.1, 0.15) is 24.8 Å². The molecule has 0 aromatic heterocycles. The van der Waals surface area contributed by atoms with Crippen molar-refractivity contribution in [2.45, 2.75) is 29.2 Å². The number of hydrogen-bond acceptors (Lipinski definition) is 2. The van der Waals surface area contributed by atoms with Gasteiger partial charge in [-0.1, -0.05) is 48.0 Å². The molecule has 1 aliphatic carbocycles. The number of cyclic esters (lactones) is 1. The Morgan fingerprint density at radius 2 is 1.89 bits per heavy atom. The highest BCUT2D eigenvalue weighted by molar-refractivity contribution is 6.39. The molecular weight excluding hydrogens is 271 g/mol. The molecule has 4 heteroatoms. The van der Waals surface area contributed by atoms with E-state index in [0.29, 0.717) is 12.0 Å². The molecule has 0 spiro atoms. The smallest absolute Gasteiger partial charge is 0.337 e. The number of carbonyl (C=O) groups is 1. The zero-order valence-electron chi connectivity index (χ0n) is 9.66. The largest absolute Gasteiger partial charge is 0.433 e. The van der Waals surface area contributed by atoms with E-state index in [1.165, 1.54) is 0 Å². The first-order valence-electron chi connectivity index (χ1n) is 5.95. The molecule has 0 bridgehead atoms. The number of benzene rings is 1. The molecule has 0 N–H and O–H groups in total. The van der Waals surface area contributed by atoms with Gasteiger partial charge in [0.25, 0.3) is 0 Å². The molecule has 0 radical (unpaired) electrons. The zero-order valence-corrected chi connectivity index (χ0v) is 11.2. The van der Waals surface area contributed by atoms with Crippen molar-refractivity contribution in [1.29, 1.82) is 0 Å². The standard InChI is InChI=1S/C14H12Cl2O2/c15-13-9-5-4-8-11(13)12(17)18-14(13,16)10-6-2-1-3-7-10/h1-3,6-8H,4-5,9H2. The molecule has 1 saturated heterocycles. The van der Waals surface area contributed by atoms with Crippen molar-refractivity contribution in [3.05, 3.63) is 47.5 Å². The first-order chi connectivity index (χ1) is 8.58. The summed E-state index contributed by atoms with van der Waals surface area (Å²) in [6.45, 7) is 0. The number of alkyl halides is 2. The maximum atomic E-state index is 11.9. The van der Waals surface area contributed by atoms with Crippen LogP contribution in [0.15, 0.2) is 42.0 Å². The van der Waals surface area contributed by atoms with Crippen LogP contribution >= 0.6 is 23.2 Å². The third-order valence-electron chi connectivity index (χ3n) is 3.61. The number of hydrogen-bond donors (Lipinski definition) is 0. The maximum Gasteiger partial charge on any atom is 0.337 e. The number of ether oxygens (including phenoxy) is 1. The normalized spacial score (nSPS) is 34.8. The van der Waals surface area contributed by atoms with E-state index in [4.69, 9.17) is 27.9 Å². The Hall–Kier alpha value is -0.990. The van der Waals surface area contributed by atoms with Gasteiger partial charge < -0.3 is 4.74 Å². The van der Waals surface area contributed by atoms with Crippen LogP contribution in [-0.4, -0.2) is 10.8 Å². The summed E-state index contributed by atoms with van der Waals surface area (Å²) in [6, 6.07) is 9.28. The fraction of sp³-hybridized carbons (Fsp3) is 0.357. The van der Waals surface area contributed by atoms with Crippen molar-refractivity contribution in [3.8, 4) is 0 Å². The van der Waals surface area contributed by atoms with Gasteiger partial charge in [-0.3, -0.25) is 0 Å². The predicted octanol–water partition coefficient (Wildman–Crippen LogP) is 3.72. The second-order valence-corrected chi connectivity index (χ2v) is 5.84. The van der Waals surface area contributed by atoms with E-state index < -0.39 is 15.9 Å². The predicted molar refractivity (Wildman–Crippen MR) is 70.6 cm³/mol. The van der Waals surface area contributed by atoms with Gasteiger partial charge in [-0.25, -0.2) is 4.79 Å². The number of allylic oxidation sites excluding steroid dienone is 1. The Morgan fingerprint density at radius 3 is 2.61 bits per heavy atom. The summed E-state index contributed by atoms with van der Waals surface area (Å²) < 4.78 is 5.41. The van der Waals surface area contributed by atoms with Gasteiger partial charge in [0.2, 0.25) is 5.06 Å². The maximum absolute atomic E-state index is 11.9. The van der Waals surface area contributed by atoms with Crippen LogP contribution in [0.5, 0.6) is 0 Å². The Bertz CT molecular complexity index is 526. The van der Waals surface area contributed by atoms with Crippen molar-refractivity contribution in [2.24, 2.45) is 0 Å². The summed E-state index contributed by atoms with van der Waals surface area (Å²) in [5, 5.41) is -1.29. The molecule has 1 fully saturated rings. The van der Waals surface area contributed by atoms with Gasteiger partial charge in [0.05, 0.1) is 5.57 Å². The van der Waals surface area contributed by atoms with Crippen molar-refractivity contribution in [1.82, 2.24) is 0 Å². The monoisotopic (exact) mass is 282 g/mol. The molecule has 2 unspecified atom stereocenters. The quantitative estimate of drug-likeness (QED) is 0.580. The molecule has 2 aliphatic rings. The van der Waals surface area contributed by atoms with E-state index >= 15 is 0 Å². The highest BCUT2D eigenvalue weighted by Crippen LogP contribution is 2.58. The van der Waals surface area contributed by atoms with Gasteiger partial charge in [-0.05, 0) is 19.3 Å². The van der Waals surface area contributed by atoms with E-state index in [1.54, 1.807) is 0 Å². The van der Waals surface area contributed by atoms with Crippen molar-refractivity contribution < 1.29 is 9.53 Å². The third kappa shape index (κ3) is 1.45. The second kappa shape index (κ2) is 4.01. The van der Waals surface area contributed by atoms with E-state index in [2.05, 4.69) is 0 Å². The molecule has 1 aromatic carbocycles. The Labute approximate surface area is 116 Å². The van der Waals surface area contributed by atoms with Crippen molar-refractivity contribution >= 4 is 29.2 Å². The molecular formula is C14H12Cl2O2. The summed E-state index contributed by atoms with van der Waals surface area (Å²) in [5.74, 6) is -0.399. The second-order valence-electron chi connectivity index (χ2n) is 4.66. The molecule has 1 aromatic rings. The van der Waals surface area contributed by atoms with Crippen LogP contribution < -0.4 is 0 Å². The Balaban J connectivity index is 2.16. The summed E-state index contributed by atoms with van der Waals surface area (Å²) in [6.07, 6.45) is 4.25. The first-order valence-corrected chi connectivity index (χ1v) is 6.71. The van der Waals surface area contributed by atoms with Crippen LogP contribution in [0, 0.1) is 0 Å². The highest BCUT2D eigenvalue weighted by atomic mass is 35.5. The molecule has 94 valence electrons. The average molecular weight is 283 g/mol. The summed E-state index contributed by atoms with van der Waals surface area (Å²) in [5.41, 5.74) is 1.23. The molecule has 0 saturated carbocycles. The molecule has 2 atom stereocenters. The van der Waals surface area contributed by atoms with Crippen LogP contribution in [0.3, 0.4) is 0 Å². The molecule has 1 aliphatic heterocycles. The van der Waals surface area contributed by atoms with Gasteiger partial charge in [-0.15, -0.1) is 11.6 Å². The minimum atomic E-state index is -1.29. The summed E-state index contributed by atoms with van der Waals surface area (Å²) >= 11 is 13.3. The lowest BCUT2D eigenvalue weighted by atomic mass is 9.82. The van der Waals surface area contributed by atoms with Crippen molar-refractivity contribution in [2.75, 3.05) is 0 Å². The topological polar surface area (TPSA) is 26.3 Å². The lowest BCUT2D eigenvalue weighted by Crippen LogP contribution is -2.41. The van der Waals surface area contributed by atoms with E-state index in [0.717, 1.165) is 18.4 Å². The SMILES string of the molecule is O=C1OC(Cl)(c2ccccc2)C2(Cl)CCCC=C12. The summed E-state index contributed by atoms with van der Waals surface area (Å²) in [4.78, 5) is 11.0.